The zero-order valence-electron chi connectivity index (χ0n) is 19.0. The number of carboxylic acid groups (broad SMARTS) is 1. The van der Waals surface area contributed by atoms with Gasteiger partial charge in [0.15, 0.2) is 0 Å². The van der Waals surface area contributed by atoms with E-state index >= 15 is 0 Å². The lowest BCUT2D eigenvalue weighted by molar-refractivity contribution is -0.192. The van der Waals surface area contributed by atoms with E-state index in [1.807, 2.05) is 0 Å². The number of amides is 2. The quantitative estimate of drug-likeness (QED) is 0.154. The predicted octanol–water partition coefficient (Wildman–Crippen LogP) is -0.720. The van der Waals surface area contributed by atoms with E-state index in [1.54, 1.807) is 0 Å². The number of alkyl halides is 3. The molecule has 0 radical (unpaired) electrons. The van der Waals surface area contributed by atoms with E-state index in [-0.39, 0.29) is 35.4 Å². The molecule has 14 nitrogen and oxygen atoms in total. The number of aromatic nitrogens is 4. The smallest absolute Gasteiger partial charge is 0.442 e. The fraction of sp³-hybridized carbons (Fsp3) is 0.625. The van der Waals surface area contributed by atoms with Gasteiger partial charge in [-0.3, -0.25) is 14.5 Å². The molecule has 2 aliphatic rings. The van der Waals surface area contributed by atoms with Crippen LogP contribution in [0.25, 0.3) is 0 Å². The predicted molar refractivity (Wildman–Crippen MR) is 126 cm³/mol. The highest BCUT2D eigenvalue weighted by Gasteiger charge is 2.66. The zero-order chi connectivity index (χ0) is 27.6. The standard InChI is InChI=1S/C16H20F3N7O7S4/c1-33-15(21-9(27)7-36-16(17,18)19)12(30)26-10(11(28)29)8(5-34-13(15)26)6-35-14-22-23-24-25(14)4-3-20-37(2,31)32/h13,20H,3-7H2,1-2H3,(H,21,27)(H,28,29)/t13-,15+/m1/s1. The third kappa shape index (κ3) is 6.88. The normalized spacial score (nSPS) is 22.0. The van der Waals surface area contributed by atoms with Gasteiger partial charge in [-0.25, -0.2) is 22.6 Å². The first-order chi connectivity index (χ1) is 17.2. The Bertz CT molecular complexity index is 1210. The van der Waals surface area contributed by atoms with E-state index in [1.165, 1.54) is 4.68 Å². The molecule has 0 saturated carbocycles. The number of halogens is 3. The third-order valence-corrected chi connectivity index (χ3v) is 8.77. The third-order valence-electron chi connectivity index (χ3n) is 4.89. The number of tetrazole rings is 1. The maximum atomic E-state index is 13.0. The highest BCUT2D eigenvalue weighted by atomic mass is 32.2. The van der Waals surface area contributed by atoms with E-state index < -0.39 is 61.9 Å². The summed E-state index contributed by atoms with van der Waals surface area (Å²) in [6.45, 7) is 0.129. The lowest BCUT2D eigenvalue weighted by atomic mass is 9.98. The number of fused-ring (bicyclic) bond motifs is 1. The van der Waals surface area contributed by atoms with E-state index in [9.17, 15) is 41.1 Å². The molecule has 2 atom stereocenters. The minimum absolute atomic E-state index is 0.0205. The molecule has 3 N–H and O–H groups in total. The van der Waals surface area contributed by atoms with E-state index in [0.717, 1.165) is 41.8 Å². The minimum Gasteiger partial charge on any atom is -0.477 e. The molecule has 0 aromatic carbocycles. The number of hydrogen-bond acceptors (Lipinski definition) is 12. The highest BCUT2D eigenvalue weighted by Crippen LogP contribution is 2.47. The highest BCUT2D eigenvalue weighted by molar-refractivity contribution is 8.01. The molecule has 0 spiro atoms. The van der Waals surface area contributed by atoms with Gasteiger partial charge in [-0.2, -0.15) is 13.2 Å². The number of nitrogens with zero attached hydrogens (tertiary/aromatic N) is 5. The molecular weight excluding hydrogens is 587 g/mol. The van der Waals surface area contributed by atoms with Crippen molar-refractivity contribution in [1.29, 1.82) is 0 Å². The van der Waals surface area contributed by atoms with Gasteiger partial charge in [0.05, 0.1) is 18.6 Å². The molecule has 3 heterocycles. The molecule has 3 rings (SSSR count). The number of rotatable bonds is 12. The van der Waals surface area contributed by atoms with Crippen LogP contribution in [-0.4, -0.2) is 110 Å². The summed E-state index contributed by atoms with van der Waals surface area (Å²) in [5.74, 6) is -4.31. The van der Waals surface area contributed by atoms with Crippen molar-refractivity contribution < 1.29 is 45.8 Å². The van der Waals surface area contributed by atoms with Crippen LogP contribution in [0.3, 0.4) is 0 Å². The molecule has 2 amide bonds. The first kappa shape index (κ1) is 29.5. The number of sulfonamides is 1. The molecule has 21 heteroatoms. The second kappa shape index (κ2) is 11.4. The van der Waals surface area contributed by atoms with Crippen molar-refractivity contribution in [2.45, 2.75) is 28.3 Å². The number of carbonyl (C=O) groups excluding carboxylic acids is 2. The minimum atomic E-state index is -4.65. The summed E-state index contributed by atoms with van der Waals surface area (Å²) in [6, 6.07) is 0. The number of hydrogen-bond donors (Lipinski definition) is 3. The van der Waals surface area contributed by atoms with Crippen molar-refractivity contribution in [2.24, 2.45) is 0 Å². The lowest BCUT2D eigenvalue weighted by Gasteiger charge is -2.55. The Morgan fingerprint density at radius 2 is 2.08 bits per heavy atom. The van der Waals surface area contributed by atoms with Crippen LogP contribution < -0.4 is 10.0 Å². The van der Waals surface area contributed by atoms with Gasteiger partial charge in [0.1, 0.15) is 11.1 Å². The average molecular weight is 608 g/mol. The Labute approximate surface area is 220 Å². The number of thioether (sulfide) groups is 3. The van der Waals surface area contributed by atoms with Gasteiger partial charge in [-0.1, -0.05) is 11.8 Å². The number of ether oxygens (including phenoxy) is 1. The van der Waals surface area contributed by atoms with E-state index in [0.29, 0.717) is 5.57 Å². The number of methoxy groups -OCH3 is 1. The van der Waals surface area contributed by atoms with Crippen molar-refractivity contribution in [3.63, 3.8) is 0 Å². The van der Waals surface area contributed by atoms with Crippen LogP contribution in [0.2, 0.25) is 0 Å². The Kier molecular flexibility index (Phi) is 9.05. The van der Waals surface area contributed by atoms with Crippen LogP contribution in [0.5, 0.6) is 0 Å². The molecule has 1 aromatic rings. The molecule has 1 fully saturated rings. The van der Waals surface area contributed by atoms with Crippen molar-refractivity contribution in [3.05, 3.63) is 11.3 Å². The molecular formula is C16H20F3N7O7S4. The van der Waals surface area contributed by atoms with Crippen LogP contribution in [0.4, 0.5) is 13.2 Å². The van der Waals surface area contributed by atoms with Gasteiger partial charge in [-0.15, -0.1) is 16.9 Å². The number of β-lactam (4-membered cyclic amide) rings is 1. The molecule has 0 bridgehead atoms. The fourth-order valence-electron chi connectivity index (χ4n) is 3.37. The average Bonchev–Trinajstić information content (AvgIpc) is 3.24. The van der Waals surface area contributed by atoms with Gasteiger partial charge >= 0.3 is 11.5 Å². The Morgan fingerprint density at radius 3 is 2.68 bits per heavy atom. The van der Waals surface area contributed by atoms with Crippen molar-refractivity contribution in [3.8, 4) is 0 Å². The zero-order valence-corrected chi connectivity index (χ0v) is 22.3. The molecule has 0 aliphatic carbocycles. The SMILES string of the molecule is CO[C@@]1(NC(=O)CSC(F)(F)F)C(=O)N2C(C(=O)O)=C(CSc3nnnn3CCNS(C)(=O)=O)CS[C@@H]21. The van der Waals surface area contributed by atoms with Crippen molar-refractivity contribution in [1.82, 2.24) is 35.1 Å². The number of aliphatic carboxylic acids is 1. The fourth-order valence-corrected chi connectivity index (χ4v) is 6.68. The summed E-state index contributed by atoms with van der Waals surface area (Å²) in [4.78, 5) is 38.0. The van der Waals surface area contributed by atoms with E-state index in [2.05, 4.69) is 25.6 Å². The maximum absolute atomic E-state index is 13.0. The Hall–Kier alpha value is -2.07. The second-order valence-electron chi connectivity index (χ2n) is 7.46. The molecule has 1 saturated heterocycles. The van der Waals surface area contributed by atoms with Crippen LogP contribution in [0.1, 0.15) is 0 Å². The van der Waals surface area contributed by atoms with Gasteiger partial charge in [0.2, 0.25) is 21.1 Å². The number of nitrogens with one attached hydrogen (secondary N) is 2. The van der Waals surface area contributed by atoms with Crippen LogP contribution in [0, 0.1) is 0 Å². The van der Waals surface area contributed by atoms with Gasteiger partial charge in [0.25, 0.3) is 11.6 Å². The van der Waals surface area contributed by atoms with Crippen LogP contribution in [0.15, 0.2) is 16.4 Å². The summed E-state index contributed by atoms with van der Waals surface area (Å²) in [6.07, 6.45) is 0.998. The molecule has 37 heavy (non-hydrogen) atoms. The first-order valence-electron chi connectivity index (χ1n) is 9.99. The van der Waals surface area contributed by atoms with Crippen LogP contribution >= 0.6 is 35.3 Å². The van der Waals surface area contributed by atoms with Crippen molar-refractivity contribution in [2.75, 3.05) is 37.2 Å². The summed E-state index contributed by atoms with van der Waals surface area (Å²) in [5, 5.41) is 22.4. The number of carboxylic acids is 1. The Morgan fingerprint density at radius 1 is 1.38 bits per heavy atom. The van der Waals surface area contributed by atoms with Gasteiger partial charge in [0, 0.05) is 25.2 Å². The molecule has 206 valence electrons. The topological polar surface area (TPSA) is 186 Å². The van der Waals surface area contributed by atoms with Gasteiger partial charge in [-0.05, 0) is 27.8 Å². The Balaban J connectivity index is 1.72. The first-order valence-corrected chi connectivity index (χ1v) is 14.9. The van der Waals surface area contributed by atoms with E-state index in [4.69, 9.17) is 4.74 Å². The largest absolute Gasteiger partial charge is 0.477 e. The molecule has 2 aliphatic heterocycles. The van der Waals surface area contributed by atoms with Gasteiger partial charge < -0.3 is 15.2 Å². The summed E-state index contributed by atoms with van der Waals surface area (Å²) in [5.41, 5.74) is -6.67. The summed E-state index contributed by atoms with van der Waals surface area (Å²) < 4.78 is 68.5. The van der Waals surface area contributed by atoms with Crippen LogP contribution in [-0.2, 0) is 35.7 Å². The summed E-state index contributed by atoms with van der Waals surface area (Å²) >= 11 is 1.55. The molecule has 1 aromatic heterocycles. The number of carbonyl (C=O) groups is 3. The monoisotopic (exact) mass is 607 g/mol. The summed E-state index contributed by atoms with van der Waals surface area (Å²) in [7, 11) is -2.33. The molecule has 0 unspecified atom stereocenters. The maximum Gasteiger partial charge on any atom is 0.442 e. The second-order valence-corrected chi connectivity index (χ2v) is 12.3. The lowest BCUT2D eigenvalue weighted by Crippen LogP contribution is -2.80. The van der Waals surface area contributed by atoms with Crippen molar-refractivity contribution >= 4 is 63.1 Å².